The zero-order valence-corrected chi connectivity index (χ0v) is 12.6. The van der Waals surface area contributed by atoms with Gasteiger partial charge in [0.1, 0.15) is 0 Å². The zero-order valence-electron chi connectivity index (χ0n) is 12.6. The Balaban J connectivity index is 1.70. The number of benzene rings is 1. The lowest BCUT2D eigenvalue weighted by atomic mass is 10.2. The fraction of sp³-hybridized carbons (Fsp3) is 0.312. The molecule has 1 heterocycles. The van der Waals surface area contributed by atoms with Gasteiger partial charge in [0.25, 0.3) is 5.91 Å². The van der Waals surface area contributed by atoms with E-state index in [-0.39, 0.29) is 17.7 Å². The number of carbonyl (C=O) groups is 2. The van der Waals surface area contributed by atoms with Crippen LogP contribution in [-0.4, -0.2) is 21.6 Å². The molecule has 114 valence electrons. The second-order valence-corrected chi connectivity index (χ2v) is 5.57. The maximum absolute atomic E-state index is 12.2. The Morgan fingerprint density at radius 3 is 2.50 bits per heavy atom. The first-order valence-electron chi connectivity index (χ1n) is 7.25. The van der Waals surface area contributed by atoms with Crippen molar-refractivity contribution < 1.29 is 9.59 Å². The van der Waals surface area contributed by atoms with Gasteiger partial charge in [0.2, 0.25) is 5.91 Å². The first-order valence-corrected chi connectivity index (χ1v) is 7.25. The van der Waals surface area contributed by atoms with Crippen LogP contribution in [0.2, 0.25) is 0 Å². The summed E-state index contributed by atoms with van der Waals surface area (Å²) >= 11 is 0. The average molecular weight is 298 g/mol. The van der Waals surface area contributed by atoms with Crippen LogP contribution in [0, 0.1) is 12.8 Å². The lowest BCUT2D eigenvalue weighted by Crippen LogP contribution is -2.15. The average Bonchev–Trinajstić information content (AvgIpc) is 3.27. The van der Waals surface area contributed by atoms with E-state index in [0.717, 1.165) is 18.5 Å². The zero-order chi connectivity index (χ0) is 15.7. The normalized spacial score (nSPS) is 13.7. The summed E-state index contributed by atoms with van der Waals surface area (Å²) in [6, 6.07) is 7.15. The molecule has 1 fully saturated rings. The van der Waals surface area contributed by atoms with Crippen LogP contribution in [0.1, 0.15) is 28.9 Å². The van der Waals surface area contributed by atoms with E-state index in [9.17, 15) is 9.59 Å². The quantitative estimate of drug-likeness (QED) is 0.909. The molecule has 6 heteroatoms. The number of carbonyl (C=O) groups excluding carboxylic acids is 2. The summed E-state index contributed by atoms with van der Waals surface area (Å²) in [7, 11) is 1.79. The summed E-state index contributed by atoms with van der Waals surface area (Å²) in [5, 5.41) is 9.75. The molecule has 0 radical (unpaired) electrons. The van der Waals surface area contributed by atoms with Crippen molar-refractivity contribution in [1.82, 2.24) is 9.78 Å². The van der Waals surface area contributed by atoms with E-state index in [1.807, 2.05) is 13.0 Å². The minimum absolute atomic E-state index is 0.0478. The van der Waals surface area contributed by atoms with E-state index in [1.54, 1.807) is 36.1 Å². The number of rotatable bonds is 4. The minimum atomic E-state index is -0.212. The molecule has 2 amide bonds. The monoisotopic (exact) mass is 298 g/mol. The number of aryl methyl sites for hydroxylation is 1. The summed E-state index contributed by atoms with van der Waals surface area (Å²) in [5.41, 5.74) is 2.67. The fourth-order valence-corrected chi connectivity index (χ4v) is 2.18. The molecule has 0 bridgehead atoms. The van der Waals surface area contributed by atoms with Gasteiger partial charge in [-0.3, -0.25) is 14.3 Å². The molecule has 0 atom stereocenters. The molecule has 22 heavy (non-hydrogen) atoms. The standard InChI is InChI=1S/C16H18N4O2/c1-10-14(9-17-20(10)2)16(22)19-13-5-3-4-12(8-13)18-15(21)11-6-7-11/h3-5,8-9,11H,6-7H2,1-2H3,(H,18,21)(H,19,22). The SMILES string of the molecule is Cc1c(C(=O)Nc2cccc(NC(=O)C3CC3)c2)cnn1C. The summed E-state index contributed by atoms with van der Waals surface area (Å²) in [4.78, 5) is 24.0. The largest absolute Gasteiger partial charge is 0.326 e. The molecule has 0 saturated heterocycles. The molecule has 6 nitrogen and oxygen atoms in total. The lowest BCUT2D eigenvalue weighted by molar-refractivity contribution is -0.117. The maximum Gasteiger partial charge on any atom is 0.259 e. The highest BCUT2D eigenvalue weighted by Crippen LogP contribution is 2.30. The van der Waals surface area contributed by atoms with Crippen LogP contribution in [-0.2, 0) is 11.8 Å². The Bertz CT molecular complexity index is 731. The van der Waals surface area contributed by atoms with Crippen molar-refractivity contribution in [3.05, 3.63) is 41.7 Å². The Morgan fingerprint density at radius 1 is 1.23 bits per heavy atom. The van der Waals surface area contributed by atoms with Crippen LogP contribution in [0.25, 0.3) is 0 Å². The molecule has 3 rings (SSSR count). The number of hydrogen-bond acceptors (Lipinski definition) is 3. The number of nitrogens with zero attached hydrogens (tertiary/aromatic N) is 2. The van der Waals surface area contributed by atoms with Crippen LogP contribution >= 0.6 is 0 Å². The third-order valence-electron chi connectivity index (χ3n) is 3.82. The number of hydrogen-bond donors (Lipinski definition) is 2. The second kappa shape index (κ2) is 5.63. The topological polar surface area (TPSA) is 76.0 Å². The molecule has 2 aromatic rings. The van der Waals surface area contributed by atoms with Crippen molar-refractivity contribution in [3.63, 3.8) is 0 Å². The van der Waals surface area contributed by atoms with Gasteiger partial charge in [0, 0.05) is 30.0 Å². The highest BCUT2D eigenvalue weighted by Gasteiger charge is 2.29. The van der Waals surface area contributed by atoms with E-state index in [1.165, 1.54) is 0 Å². The van der Waals surface area contributed by atoms with Gasteiger partial charge in [-0.15, -0.1) is 0 Å². The van der Waals surface area contributed by atoms with Gasteiger partial charge in [-0.2, -0.15) is 5.10 Å². The fourth-order valence-electron chi connectivity index (χ4n) is 2.18. The number of nitrogens with one attached hydrogen (secondary N) is 2. The van der Waals surface area contributed by atoms with Crippen LogP contribution < -0.4 is 10.6 Å². The number of aromatic nitrogens is 2. The first-order chi connectivity index (χ1) is 10.5. The molecule has 2 N–H and O–H groups in total. The van der Waals surface area contributed by atoms with Gasteiger partial charge in [-0.05, 0) is 38.0 Å². The molecule has 0 spiro atoms. The van der Waals surface area contributed by atoms with Crippen molar-refractivity contribution >= 4 is 23.2 Å². The predicted molar refractivity (Wildman–Crippen MR) is 83.7 cm³/mol. The van der Waals surface area contributed by atoms with Crippen molar-refractivity contribution in [2.45, 2.75) is 19.8 Å². The van der Waals surface area contributed by atoms with Crippen molar-refractivity contribution in [2.24, 2.45) is 13.0 Å². The van der Waals surface area contributed by atoms with Gasteiger partial charge in [-0.1, -0.05) is 6.07 Å². The van der Waals surface area contributed by atoms with E-state index >= 15 is 0 Å². The predicted octanol–water partition coefficient (Wildman–Crippen LogP) is 2.33. The summed E-state index contributed by atoms with van der Waals surface area (Å²) in [5.74, 6) is -0.0147. The van der Waals surface area contributed by atoms with E-state index < -0.39 is 0 Å². The van der Waals surface area contributed by atoms with Gasteiger partial charge in [0.15, 0.2) is 0 Å². The Morgan fingerprint density at radius 2 is 1.91 bits per heavy atom. The molecular formula is C16H18N4O2. The molecule has 1 saturated carbocycles. The first kappa shape index (κ1) is 14.3. The van der Waals surface area contributed by atoms with Gasteiger partial charge in [0.05, 0.1) is 11.8 Å². The molecule has 1 aromatic heterocycles. The highest BCUT2D eigenvalue weighted by molar-refractivity contribution is 6.05. The second-order valence-electron chi connectivity index (χ2n) is 5.57. The van der Waals surface area contributed by atoms with E-state index in [0.29, 0.717) is 16.9 Å². The summed E-state index contributed by atoms with van der Waals surface area (Å²) in [6.07, 6.45) is 3.47. The summed E-state index contributed by atoms with van der Waals surface area (Å²) < 4.78 is 1.65. The molecule has 0 aliphatic heterocycles. The van der Waals surface area contributed by atoms with E-state index in [2.05, 4.69) is 15.7 Å². The molecule has 1 aliphatic carbocycles. The van der Waals surface area contributed by atoms with Crippen molar-refractivity contribution in [3.8, 4) is 0 Å². The molecule has 1 aliphatic rings. The van der Waals surface area contributed by atoms with Crippen LogP contribution in [0.3, 0.4) is 0 Å². The van der Waals surface area contributed by atoms with Gasteiger partial charge >= 0.3 is 0 Å². The van der Waals surface area contributed by atoms with Gasteiger partial charge in [-0.25, -0.2) is 0 Å². The Hall–Kier alpha value is -2.63. The van der Waals surface area contributed by atoms with Crippen LogP contribution in [0.15, 0.2) is 30.5 Å². The molecule has 1 aromatic carbocycles. The lowest BCUT2D eigenvalue weighted by Gasteiger charge is -2.08. The summed E-state index contributed by atoms with van der Waals surface area (Å²) in [6.45, 7) is 1.84. The third kappa shape index (κ3) is 3.00. The molecular weight excluding hydrogens is 280 g/mol. The van der Waals surface area contributed by atoms with E-state index in [4.69, 9.17) is 0 Å². The van der Waals surface area contributed by atoms with Crippen LogP contribution in [0.5, 0.6) is 0 Å². The minimum Gasteiger partial charge on any atom is -0.326 e. The smallest absolute Gasteiger partial charge is 0.259 e. The highest BCUT2D eigenvalue weighted by atomic mass is 16.2. The van der Waals surface area contributed by atoms with Crippen LogP contribution in [0.4, 0.5) is 11.4 Å². The van der Waals surface area contributed by atoms with Crippen molar-refractivity contribution in [1.29, 1.82) is 0 Å². The molecule has 0 unspecified atom stereocenters. The third-order valence-corrected chi connectivity index (χ3v) is 3.82. The Kier molecular flexibility index (Phi) is 3.66. The Labute approximate surface area is 128 Å². The van der Waals surface area contributed by atoms with Gasteiger partial charge < -0.3 is 10.6 Å². The maximum atomic E-state index is 12.2. The number of amides is 2. The van der Waals surface area contributed by atoms with Crippen molar-refractivity contribution in [2.75, 3.05) is 10.6 Å². The number of anilines is 2.